The van der Waals surface area contributed by atoms with Crippen molar-refractivity contribution in [1.29, 1.82) is 0 Å². The minimum absolute atomic E-state index is 0. The highest BCUT2D eigenvalue weighted by molar-refractivity contribution is 5.35. The van der Waals surface area contributed by atoms with E-state index in [2.05, 4.69) is 4.98 Å². The third-order valence-electron chi connectivity index (χ3n) is 1.90. The summed E-state index contributed by atoms with van der Waals surface area (Å²) in [7, 11) is 0. The van der Waals surface area contributed by atoms with Crippen molar-refractivity contribution in [1.82, 2.24) is 4.98 Å². The van der Waals surface area contributed by atoms with Gasteiger partial charge in [-0.05, 0) is 12.1 Å². The maximum Gasteiger partial charge on any atom is 0.269 e. The molecule has 1 N–H and O–H groups in total. The second kappa shape index (κ2) is 4.56. The number of aromatic nitrogens is 2. The second-order valence-corrected chi connectivity index (χ2v) is 2.79. The summed E-state index contributed by atoms with van der Waals surface area (Å²) in [6, 6.07) is 6.36. The largest absolute Gasteiger partial charge is 1.00 e. The molecule has 15 heavy (non-hydrogen) atoms. The van der Waals surface area contributed by atoms with E-state index < -0.39 is 4.92 Å². The first kappa shape index (κ1) is 11.2. The fourth-order valence-corrected chi connectivity index (χ4v) is 1.20. The fourth-order valence-electron chi connectivity index (χ4n) is 1.20. The number of halogens is 1. The standard InChI is InChI=1S/C9H7N3O2.ClH/c13-12(14)9-3-1-8(2-4-9)11-6-5-10-7-11;/h1-7H;1H. The molecule has 78 valence electrons. The molecule has 0 fully saturated rings. The Balaban J connectivity index is 0.00000112. The second-order valence-electron chi connectivity index (χ2n) is 2.79. The van der Waals surface area contributed by atoms with Crippen molar-refractivity contribution in [3.8, 4) is 5.69 Å². The van der Waals surface area contributed by atoms with Gasteiger partial charge in [0.05, 0.1) is 4.92 Å². The normalized spacial score (nSPS) is 9.33. The molecule has 2 aromatic rings. The lowest BCUT2D eigenvalue weighted by molar-refractivity contribution is -0.594. The van der Waals surface area contributed by atoms with Gasteiger partial charge in [0.2, 0.25) is 6.33 Å². The van der Waals surface area contributed by atoms with Crippen molar-refractivity contribution in [3.05, 3.63) is 53.1 Å². The molecule has 0 amide bonds. The average Bonchev–Trinajstić information content (AvgIpc) is 2.71. The van der Waals surface area contributed by atoms with E-state index in [1.54, 1.807) is 24.7 Å². The van der Waals surface area contributed by atoms with Gasteiger partial charge in [0.25, 0.3) is 5.69 Å². The van der Waals surface area contributed by atoms with Crippen molar-refractivity contribution in [2.24, 2.45) is 0 Å². The maximum atomic E-state index is 10.4. The Morgan fingerprint density at radius 1 is 1.27 bits per heavy atom. The number of benzene rings is 1. The number of nitrogens with zero attached hydrogens (tertiary/aromatic N) is 2. The molecule has 1 aromatic heterocycles. The van der Waals surface area contributed by atoms with Crippen molar-refractivity contribution in [3.63, 3.8) is 0 Å². The predicted molar refractivity (Wildman–Crippen MR) is 49.0 cm³/mol. The van der Waals surface area contributed by atoms with Crippen molar-refractivity contribution < 1.29 is 21.9 Å². The molecule has 0 spiro atoms. The van der Waals surface area contributed by atoms with Crippen LogP contribution in [-0.4, -0.2) is 9.91 Å². The van der Waals surface area contributed by atoms with E-state index in [1.165, 1.54) is 12.1 Å². The summed E-state index contributed by atoms with van der Waals surface area (Å²) in [4.78, 5) is 12.9. The monoisotopic (exact) mass is 225 g/mol. The Bertz CT molecular complexity index is 439. The van der Waals surface area contributed by atoms with Gasteiger partial charge in [0.1, 0.15) is 18.1 Å². The highest BCUT2D eigenvalue weighted by Gasteiger charge is 2.06. The minimum atomic E-state index is -0.411. The third kappa shape index (κ3) is 2.32. The molecule has 0 radical (unpaired) electrons. The zero-order chi connectivity index (χ0) is 9.97. The van der Waals surface area contributed by atoms with Gasteiger partial charge in [-0.2, -0.15) is 0 Å². The Labute approximate surface area is 91.9 Å². The first-order valence-electron chi connectivity index (χ1n) is 4.06. The lowest BCUT2D eigenvalue weighted by Gasteiger charge is -1.94. The molecule has 0 saturated carbocycles. The summed E-state index contributed by atoms with van der Waals surface area (Å²) in [6.07, 6.45) is 5.38. The van der Waals surface area contributed by atoms with Gasteiger partial charge in [-0.3, -0.25) is 10.1 Å². The molecule has 0 bridgehead atoms. The number of rotatable bonds is 2. The van der Waals surface area contributed by atoms with E-state index in [9.17, 15) is 10.1 Å². The molecule has 0 unspecified atom stereocenters. The van der Waals surface area contributed by atoms with E-state index in [-0.39, 0.29) is 18.1 Å². The van der Waals surface area contributed by atoms with Gasteiger partial charge in [0, 0.05) is 12.1 Å². The van der Waals surface area contributed by atoms with Crippen LogP contribution in [0.15, 0.2) is 43.0 Å². The summed E-state index contributed by atoms with van der Waals surface area (Å²) in [5.74, 6) is 0. The zero-order valence-corrected chi connectivity index (χ0v) is 8.39. The predicted octanol–water partition coefficient (Wildman–Crippen LogP) is -1.80. The Morgan fingerprint density at radius 2 is 1.93 bits per heavy atom. The topological polar surface area (TPSA) is 62.8 Å². The average molecular weight is 226 g/mol. The molecule has 1 aromatic carbocycles. The minimum Gasteiger partial charge on any atom is -1.00 e. The van der Waals surface area contributed by atoms with Crippen LogP contribution >= 0.6 is 0 Å². The van der Waals surface area contributed by atoms with E-state index in [0.717, 1.165) is 5.69 Å². The number of non-ortho nitro benzene ring substituents is 1. The summed E-state index contributed by atoms with van der Waals surface area (Å²) in [6.45, 7) is 0. The van der Waals surface area contributed by atoms with E-state index in [1.807, 2.05) is 10.8 Å². The zero-order valence-electron chi connectivity index (χ0n) is 7.63. The number of imidazole rings is 1. The number of nitrogens with one attached hydrogen (secondary N) is 1. The van der Waals surface area contributed by atoms with Crippen molar-refractivity contribution in [2.75, 3.05) is 0 Å². The number of nitro benzene ring substituents is 1. The van der Waals surface area contributed by atoms with Crippen LogP contribution in [0.4, 0.5) is 5.69 Å². The molecule has 0 saturated heterocycles. The molecule has 0 aliphatic carbocycles. The Morgan fingerprint density at radius 3 is 2.40 bits per heavy atom. The van der Waals surface area contributed by atoms with Gasteiger partial charge in [0.15, 0.2) is 0 Å². The van der Waals surface area contributed by atoms with Gasteiger partial charge >= 0.3 is 0 Å². The van der Waals surface area contributed by atoms with Crippen LogP contribution in [-0.2, 0) is 0 Å². The molecule has 2 rings (SSSR count). The maximum absolute atomic E-state index is 10.4. The van der Waals surface area contributed by atoms with Crippen LogP contribution in [0.25, 0.3) is 5.69 Å². The van der Waals surface area contributed by atoms with Gasteiger partial charge < -0.3 is 12.4 Å². The van der Waals surface area contributed by atoms with Crippen LogP contribution in [0, 0.1) is 10.1 Å². The van der Waals surface area contributed by atoms with Crippen molar-refractivity contribution in [2.45, 2.75) is 0 Å². The molecule has 6 heteroatoms. The van der Waals surface area contributed by atoms with Crippen LogP contribution in [0.3, 0.4) is 0 Å². The summed E-state index contributed by atoms with van der Waals surface area (Å²) < 4.78 is 1.84. The van der Waals surface area contributed by atoms with E-state index >= 15 is 0 Å². The number of aromatic amines is 1. The molecule has 0 atom stereocenters. The number of nitro groups is 1. The van der Waals surface area contributed by atoms with Gasteiger partial charge in [-0.15, -0.1) is 0 Å². The molecule has 1 heterocycles. The van der Waals surface area contributed by atoms with Crippen LogP contribution in [0.1, 0.15) is 0 Å². The summed E-state index contributed by atoms with van der Waals surface area (Å²) in [5.41, 5.74) is 0.988. The lowest BCUT2D eigenvalue weighted by Crippen LogP contribution is -3.00. The van der Waals surface area contributed by atoms with Crippen LogP contribution in [0.5, 0.6) is 0 Å². The summed E-state index contributed by atoms with van der Waals surface area (Å²) >= 11 is 0. The Hall–Kier alpha value is -1.88. The fraction of sp³-hybridized carbons (Fsp3) is 0. The van der Waals surface area contributed by atoms with Crippen molar-refractivity contribution >= 4 is 5.69 Å². The van der Waals surface area contributed by atoms with E-state index in [4.69, 9.17) is 0 Å². The molecule has 0 aliphatic rings. The summed E-state index contributed by atoms with van der Waals surface area (Å²) in [5, 5.41) is 10.4. The quantitative estimate of drug-likeness (QED) is 0.373. The lowest BCUT2D eigenvalue weighted by atomic mass is 10.3. The van der Waals surface area contributed by atoms with Crippen LogP contribution < -0.4 is 17.0 Å². The molecular weight excluding hydrogens is 218 g/mol. The SMILES string of the molecule is O=[N+]([O-])c1ccc(-[n+]2cc[nH]c2)cc1.[Cl-]. The number of hydrogen-bond donors (Lipinski definition) is 1. The first-order chi connectivity index (χ1) is 6.77. The van der Waals surface area contributed by atoms with Gasteiger partial charge in [-0.1, -0.05) is 0 Å². The number of H-pyrrole nitrogens is 1. The smallest absolute Gasteiger partial charge is 0.269 e. The van der Waals surface area contributed by atoms with E-state index in [0.29, 0.717) is 0 Å². The molecule has 0 aliphatic heterocycles. The molecular formula is C9H8ClN3O2. The Kier molecular flexibility index (Phi) is 3.41. The highest BCUT2D eigenvalue weighted by atomic mass is 35.5. The van der Waals surface area contributed by atoms with Crippen LogP contribution in [0.2, 0.25) is 0 Å². The molecule has 5 nitrogen and oxygen atoms in total. The van der Waals surface area contributed by atoms with Gasteiger partial charge in [-0.25, -0.2) is 9.55 Å². The highest BCUT2D eigenvalue weighted by Crippen LogP contribution is 2.11. The first-order valence-corrected chi connectivity index (χ1v) is 4.06. The number of hydrogen-bond acceptors (Lipinski definition) is 2. The third-order valence-corrected chi connectivity index (χ3v) is 1.90.